The van der Waals surface area contributed by atoms with E-state index < -0.39 is 22.5 Å². The Labute approximate surface area is 152 Å². The van der Waals surface area contributed by atoms with Crippen molar-refractivity contribution in [3.63, 3.8) is 0 Å². The molecule has 0 fully saturated rings. The standard InChI is InChI=1S/C17H18ClN3O3S/c1-13(2)19-20-17(22)12-21(15-6-4-3-5-7-15)25(23,24)16-10-8-14(18)9-11-16/h3-11H,12H2,1-2H3,(H,20,22). The molecular formula is C17H18ClN3O3S. The van der Waals surface area contributed by atoms with Gasteiger partial charge in [-0.15, -0.1) is 0 Å². The number of hydrogen-bond donors (Lipinski definition) is 1. The van der Waals surface area contributed by atoms with Gasteiger partial charge in [-0.1, -0.05) is 29.8 Å². The minimum atomic E-state index is -3.94. The molecule has 0 aliphatic heterocycles. The molecule has 0 bridgehead atoms. The molecule has 0 spiro atoms. The van der Waals surface area contributed by atoms with Crippen molar-refractivity contribution < 1.29 is 13.2 Å². The van der Waals surface area contributed by atoms with Crippen LogP contribution in [0.4, 0.5) is 5.69 Å². The Morgan fingerprint density at radius 3 is 2.24 bits per heavy atom. The van der Waals surface area contributed by atoms with Crippen molar-refractivity contribution in [3.05, 3.63) is 59.6 Å². The van der Waals surface area contributed by atoms with Crippen LogP contribution in [0.1, 0.15) is 13.8 Å². The number of para-hydroxylation sites is 1. The van der Waals surface area contributed by atoms with Crippen LogP contribution in [0.3, 0.4) is 0 Å². The highest BCUT2D eigenvalue weighted by molar-refractivity contribution is 7.92. The number of nitrogens with one attached hydrogen (secondary N) is 1. The second-order valence-electron chi connectivity index (χ2n) is 5.40. The number of anilines is 1. The number of benzene rings is 2. The van der Waals surface area contributed by atoms with Crippen molar-refractivity contribution in [2.45, 2.75) is 18.7 Å². The molecule has 8 heteroatoms. The quantitative estimate of drug-likeness (QED) is 0.618. The van der Waals surface area contributed by atoms with Crippen LogP contribution in [-0.4, -0.2) is 26.6 Å². The smallest absolute Gasteiger partial charge is 0.264 e. The molecule has 0 heterocycles. The lowest BCUT2D eigenvalue weighted by Crippen LogP contribution is -2.39. The Balaban J connectivity index is 2.39. The predicted octanol–water partition coefficient (Wildman–Crippen LogP) is 3.05. The van der Waals surface area contributed by atoms with E-state index in [0.29, 0.717) is 16.4 Å². The van der Waals surface area contributed by atoms with E-state index >= 15 is 0 Å². The number of halogens is 1. The molecule has 0 aliphatic carbocycles. The van der Waals surface area contributed by atoms with Crippen LogP contribution in [0.2, 0.25) is 5.02 Å². The summed E-state index contributed by atoms with van der Waals surface area (Å²) in [5, 5.41) is 4.24. The van der Waals surface area contributed by atoms with Gasteiger partial charge in [0.25, 0.3) is 15.9 Å². The highest BCUT2D eigenvalue weighted by Gasteiger charge is 2.27. The predicted molar refractivity (Wildman–Crippen MR) is 99.4 cm³/mol. The number of nitrogens with zero attached hydrogens (tertiary/aromatic N) is 2. The summed E-state index contributed by atoms with van der Waals surface area (Å²) in [6.45, 7) is 3.05. The summed E-state index contributed by atoms with van der Waals surface area (Å²) in [6, 6.07) is 14.2. The van der Waals surface area contributed by atoms with Gasteiger partial charge in [0.1, 0.15) is 6.54 Å². The van der Waals surface area contributed by atoms with E-state index in [9.17, 15) is 13.2 Å². The lowest BCUT2D eigenvalue weighted by atomic mass is 10.3. The van der Waals surface area contributed by atoms with E-state index in [2.05, 4.69) is 10.5 Å². The van der Waals surface area contributed by atoms with Gasteiger partial charge in [-0.25, -0.2) is 13.8 Å². The van der Waals surface area contributed by atoms with Crippen molar-refractivity contribution in [3.8, 4) is 0 Å². The fourth-order valence-corrected chi connectivity index (χ4v) is 3.53. The molecule has 0 aromatic heterocycles. The van der Waals surface area contributed by atoms with Gasteiger partial charge < -0.3 is 0 Å². The van der Waals surface area contributed by atoms with Crippen molar-refractivity contribution in [2.24, 2.45) is 5.10 Å². The van der Waals surface area contributed by atoms with Gasteiger partial charge in [0.2, 0.25) is 0 Å². The molecular weight excluding hydrogens is 362 g/mol. The van der Waals surface area contributed by atoms with E-state index in [0.717, 1.165) is 4.31 Å². The first kappa shape index (κ1) is 19.0. The number of carbonyl (C=O) groups is 1. The normalized spacial score (nSPS) is 10.8. The van der Waals surface area contributed by atoms with Crippen molar-refractivity contribution in [1.82, 2.24) is 5.43 Å². The molecule has 132 valence electrons. The molecule has 6 nitrogen and oxygen atoms in total. The molecule has 2 rings (SSSR count). The van der Waals surface area contributed by atoms with E-state index in [1.807, 2.05) is 0 Å². The molecule has 0 unspecified atom stereocenters. The summed E-state index contributed by atoms with van der Waals surface area (Å²) in [5.74, 6) is -0.539. The first-order chi connectivity index (χ1) is 11.8. The Kier molecular flexibility index (Phi) is 6.17. The third-order valence-electron chi connectivity index (χ3n) is 3.14. The maximum absolute atomic E-state index is 13.0. The van der Waals surface area contributed by atoms with Crippen molar-refractivity contribution >= 4 is 38.9 Å². The second-order valence-corrected chi connectivity index (χ2v) is 7.69. The summed E-state index contributed by atoms with van der Waals surface area (Å²) in [7, 11) is -3.94. The van der Waals surface area contributed by atoms with Crippen LogP contribution in [0, 0.1) is 0 Å². The monoisotopic (exact) mass is 379 g/mol. The highest BCUT2D eigenvalue weighted by Crippen LogP contribution is 2.24. The lowest BCUT2D eigenvalue weighted by molar-refractivity contribution is -0.119. The number of sulfonamides is 1. The molecule has 2 aromatic rings. The first-order valence-electron chi connectivity index (χ1n) is 7.44. The zero-order valence-electron chi connectivity index (χ0n) is 13.8. The Morgan fingerprint density at radius 1 is 1.08 bits per heavy atom. The molecule has 2 aromatic carbocycles. The van der Waals surface area contributed by atoms with E-state index in [1.165, 1.54) is 24.3 Å². The minimum Gasteiger partial charge on any atom is -0.271 e. The van der Waals surface area contributed by atoms with Gasteiger partial charge >= 0.3 is 0 Å². The Hall–Kier alpha value is -2.38. The van der Waals surface area contributed by atoms with Crippen LogP contribution in [0.5, 0.6) is 0 Å². The summed E-state index contributed by atoms with van der Waals surface area (Å²) < 4.78 is 27.0. The van der Waals surface area contributed by atoms with Crippen LogP contribution in [0.25, 0.3) is 0 Å². The maximum Gasteiger partial charge on any atom is 0.264 e. The van der Waals surface area contributed by atoms with Gasteiger partial charge in [0.15, 0.2) is 0 Å². The van der Waals surface area contributed by atoms with Gasteiger partial charge in [0.05, 0.1) is 10.6 Å². The SMILES string of the molecule is CC(C)=NNC(=O)CN(c1ccccc1)S(=O)(=O)c1ccc(Cl)cc1. The maximum atomic E-state index is 13.0. The summed E-state index contributed by atoms with van der Waals surface area (Å²) >= 11 is 5.83. The van der Waals surface area contributed by atoms with E-state index in [1.54, 1.807) is 44.2 Å². The fraction of sp³-hybridized carbons (Fsp3) is 0.176. The number of rotatable bonds is 6. The topological polar surface area (TPSA) is 78.8 Å². The summed E-state index contributed by atoms with van der Waals surface area (Å²) in [4.78, 5) is 12.2. The lowest BCUT2D eigenvalue weighted by Gasteiger charge is -2.23. The second kappa shape index (κ2) is 8.13. The van der Waals surface area contributed by atoms with Crippen LogP contribution >= 0.6 is 11.6 Å². The minimum absolute atomic E-state index is 0.0451. The van der Waals surface area contributed by atoms with Crippen LogP contribution in [0.15, 0.2) is 64.6 Å². The summed E-state index contributed by atoms with van der Waals surface area (Å²) in [6.07, 6.45) is 0. The number of hydrazone groups is 1. The summed E-state index contributed by atoms with van der Waals surface area (Å²) in [5.41, 5.74) is 3.37. The van der Waals surface area contributed by atoms with Crippen molar-refractivity contribution in [1.29, 1.82) is 0 Å². The molecule has 0 saturated carbocycles. The third kappa shape index (κ3) is 5.04. The average Bonchev–Trinajstić information content (AvgIpc) is 2.59. The Bertz CT molecular complexity index is 862. The average molecular weight is 380 g/mol. The number of amides is 1. The van der Waals surface area contributed by atoms with Gasteiger partial charge in [0, 0.05) is 10.7 Å². The molecule has 25 heavy (non-hydrogen) atoms. The number of carbonyl (C=O) groups excluding carboxylic acids is 1. The third-order valence-corrected chi connectivity index (χ3v) is 5.18. The van der Waals surface area contributed by atoms with Gasteiger partial charge in [-0.3, -0.25) is 9.10 Å². The van der Waals surface area contributed by atoms with Crippen molar-refractivity contribution in [2.75, 3.05) is 10.8 Å². The van der Waals surface area contributed by atoms with Crippen LogP contribution < -0.4 is 9.73 Å². The number of hydrogen-bond acceptors (Lipinski definition) is 4. The van der Waals surface area contributed by atoms with Gasteiger partial charge in [-0.05, 0) is 50.2 Å². The highest BCUT2D eigenvalue weighted by atomic mass is 35.5. The van der Waals surface area contributed by atoms with E-state index in [4.69, 9.17) is 11.6 Å². The Morgan fingerprint density at radius 2 is 1.68 bits per heavy atom. The first-order valence-corrected chi connectivity index (χ1v) is 9.25. The zero-order valence-corrected chi connectivity index (χ0v) is 15.4. The molecule has 0 aliphatic rings. The fourth-order valence-electron chi connectivity index (χ4n) is 1.98. The van der Waals surface area contributed by atoms with Crippen LogP contribution in [-0.2, 0) is 14.8 Å². The van der Waals surface area contributed by atoms with E-state index in [-0.39, 0.29) is 4.90 Å². The molecule has 1 amide bonds. The molecule has 0 atom stereocenters. The molecule has 0 radical (unpaired) electrons. The largest absolute Gasteiger partial charge is 0.271 e. The molecule has 0 saturated heterocycles. The zero-order chi connectivity index (χ0) is 18.4. The molecule has 1 N–H and O–H groups in total. The van der Waals surface area contributed by atoms with Gasteiger partial charge in [-0.2, -0.15) is 5.10 Å².